The van der Waals surface area contributed by atoms with Gasteiger partial charge in [-0.2, -0.15) is 0 Å². The first-order valence-corrected chi connectivity index (χ1v) is 8.90. The monoisotopic (exact) mass is 377 g/mol. The van der Waals surface area contributed by atoms with Gasteiger partial charge in [0, 0.05) is 16.8 Å². The van der Waals surface area contributed by atoms with Gasteiger partial charge in [0.25, 0.3) is 0 Å². The highest BCUT2D eigenvalue weighted by Gasteiger charge is 2.15. The largest absolute Gasteiger partial charge is 0.461 e. The number of thioether (sulfide) groups is 1. The standard InChI is InChI=1S/C16H16BrN3OS/c1-2-8-20-15(14-7-4-9-21-14)18-19-16(20)22-11-12-5-3-6-13(17)10-12/h3-7,9-10H,2,8,11H2,1H3. The summed E-state index contributed by atoms with van der Waals surface area (Å²) in [6.07, 6.45) is 2.69. The molecule has 1 aromatic carbocycles. The predicted octanol–water partition coefficient (Wildman–Crippen LogP) is 5.00. The highest BCUT2D eigenvalue weighted by atomic mass is 79.9. The molecule has 2 aromatic heterocycles. The van der Waals surface area contributed by atoms with Crippen LogP contribution in [0.5, 0.6) is 0 Å². The van der Waals surface area contributed by atoms with Gasteiger partial charge in [-0.3, -0.25) is 4.57 Å². The average Bonchev–Trinajstić information content (AvgIpc) is 3.15. The normalized spacial score (nSPS) is 11.0. The van der Waals surface area contributed by atoms with Gasteiger partial charge in [0.2, 0.25) is 0 Å². The molecular formula is C16H16BrN3OS. The zero-order valence-corrected chi connectivity index (χ0v) is 14.6. The van der Waals surface area contributed by atoms with E-state index in [1.165, 1.54) is 5.56 Å². The maximum absolute atomic E-state index is 5.46. The van der Waals surface area contributed by atoms with Crippen molar-refractivity contribution in [2.75, 3.05) is 0 Å². The SMILES string of the molecule is CCCn1c(SCc2cccc(Br)c2)nnc1-c1ccco1. The van der Waals surface area contributed by atoms with Crippen molar-refractivity contribution in [3.8, 4) is 11.6 Å². The van der Waals surface area contributed by atoms with Gasteiger partial charge in [-0.15, -0.1) is 10.2 Å². The van der Waals surface area contributed by atoms with E-state index >= 15 is 0 Å². The minimum Gasteiger partial charge on any atom is -0.461 e. The quantitative estimate of drug-likeness (QED) is 0.566. The molecule has 0 saturated heterocycles. The van der Waals surface area contributed by atoms with Gasteiger partial charge >= 0.3 is 0 Å². The minimum absolute atomic E-state index is 0.759. The van der Waals surface area contributed by atoms with Crippen molar-refractivity contribution >= 4 is 27.7 Å². The number of aromatic nitrogens is 3. The molecule has 3 rings (SSSR count). The molecule has 0 aliphatic carbocycles. The van der Waals surface area contributed by atoms with Crippen LogP contribution in [-0.2, 0) is 12.3 Å². The molecule has 0 amide bonds. The number of nitrogens with zero attached hydrogens (tertiary/aromatic N) is 3. The van der Waals surface area contributed by atoms with E-state index in [1.807, 2.05) is 24.3 Å². The molecule has 0 N–H and O–H groups in total. The van der Waals surface area contributed by atoms with Crippen molar-refractivity contribution < 1.29 is 4.42 Å². The highest BCUT2D eigenvalue weighted by Crippen LogP contribution is 2.27. The number of rotatable bonds is 6. The van der Waals surface area contributed by atoms with Crippen molar-refractivity contribution in [2.24, 2.45) is 0 Å². The highest BCUT2D eigenvalue weighted by molar-refractivity contribution is 9.10. The maximum Gasteiger partial charge on any atom is 0.200 e. The van der Waals surface area contributed by atoms with Crippen molar-refractivity contribution in [3.05, 3.63) is 52.7 Å². The number of halogens is 1. The van der Waals surface area contributed by atoms with Gasteiger partial charge in [0.1, 0.15) is 0 Å². The number of furan rings is 1. The molecule has 2 heterocycles. The summed E-state index contributed by atoms with van der Waals surface area (Å²) in [4.78, 5) is 0. The van der Waals surface area contributed by atoms with E-state index in [9.17, 15) is 0 Å². The van der Waals surface area contributed by atoms with E-state index in [4.69, 9.17) is 4.42 Å². The molecule has 0 atom stereocenters. The Morgan fingerprint density at radius 2 is 2.14 bits per heavy atom. The Morgan fingerprint density at radius 1 is 1.23 bits per heavy atom. The third-order valence-electron chi connectivity index (χ3n) is 3.16. The molecule has 0 fully saturated rings. The molecule has 3 aromatic rings. The van der Waals surface area contributed by atoms with E-state index in [1.54, 1.807) is 18.0 Å². The lowest BCUT2D eigenvalue weighted by molar-refractivity contribution is 0.559. The zero-order valence-electron chi connectivity index (χ0n) is 12.2. The molecule has 114 valence electrons. The Labute approximate surface area is 142 Å². The number of benzene rings is 1. The number of hydrogen-bond donors (Lipinski definition) is 0. The van der Waals surface area contributed by atoms with Crippen LogP contribution in [-0.4, -0.2) is 14.8 Å². The topological polar surface area (TPSA) is 43.9 Å². The molecule has 0 bridgehead atoms. The van der Waals surface area contributed by atoms with E-state index in [0.717, 1.165) is 39.9 Å². The predicted molar refractivity (Wildman–Crippen MR) is 91.7 cm³/mol. The second-order valence-electron chi connectivity index (χ2n) is 4.85. The summed E-state index contributed by atoms with van der Waals surface area (Å²) in [7, 11) is 0. The van der Waals surface area contributed by atoms with Crippen LogP contribution in [0.1, 0.15) is 18.9 Å². The molecular weight excluding hydrogens is 362 g/mol. The van der Waals surface area contributed by atoms with Crippen molar-refractivity contribution in [1.82, 2.24) is 14.8 Å². The molecule has 22 heavy (non-hydrogen) atoms. The van der Waals surface area contributed by atoms with Crippen LogP contribution in [0.4, 0.5) is 0 Å². The number of hydrogen-bond acceptors (Lipinski definition) is 4. The fourth-order valence-electron chi connectivity index (χ4n) is 2.18. The Morgan fingerprint density at radius 3 is 2.86 bits per heavy atom. The van der Waals surface area contributed by atoms with E-state index in [2.05, 4.69) is 49.8 Å². The van der Waals surface area contributed by atoms with Crippen LogP contribution >= 0.6 is 27.7 Å². The average molecular weight is 378 g/mol. The summed E-state index contributed by atoms with van der Waals surface area (Å²) in [6, 6.07) is 12.1. The summed E-state index contributed by atoms with van der Waals surface area (Å²) >= 11 is 5.20. The molecule has 4 nitrogen and oxygen atoms in total. The minimum atomic E-state index is 0.759. The van der Waals surface area contributed by atoms with E-state index in [0.29, 0.717) is 0 Å². The van der Waals surface area contributed by atoms with Crippen molar-refractivity contribution in [3.63, 3.8) is 0 Å². The summed E-state index contributed by atoms with van der Waals surface area (Å²) < 4.78 is 8.68. The van der Waals surface area contributed by atoms with Crippen LogP contribution in [0.2, 0.25) is 0 Å². The van der Waals surface area contributed by atoms with Gasteiger partial charge < -0.3 is 4.42 Å². The third kappa shape index (κ3) is 3.44. The first-order valence-electron chi connectivity index (χ1n) is 7.12. The summed E-state index contributed by atoms with van der Waals surface area (Å²) in [5.41, 5.74) is 1.25. The summed E-state index contributed by atoms with van der Waals surface area (Å²) in [6.45, 7) is 3.03. The second kappa shape index (κ2) is 7.15. The Balaban J connectivity index is 1.81. The van der Waals surface area contributed by atoms with Crippen LogP contribution in [0, 0.1) is 0 Å². The van der Waals surface area contributed by atoms with Crippen LogP contribution in [0.3, 0.4) is 0 Å². The lowest BCUT2D eigenvalue weighted by atomic mass is 10.2. The molecule has 0 radical (unpaired) electrons. The van der Waals surface area contributed by atoms with Gasteiger partial charge in [-0.05, 0) is 36.2 Å². The van der Waals surface area contributed by atoms with Gasteiger partial charge in [0.05, 0.1) is 6.26 Å². The summed E-state index contributed by atoms with van der Waals surface area (Å²) in [5, 5.41) is 9.55. The van der Waals surface area contributed by atoms with Gasteiger partial charge in [0.15, 0.2) is 16.7 Å². The molecule has 6 heteroatoms. The van der Waals surface area contributed by atoms with Gasteiger partial charge in [-0.1, -0.05) is 46.7 Å². The lowest BCUT2D eigenvalue weighted by Gasteiger charge is -2.07. The van der Waals surface area contributed by atoms with Crippen LogP contribution in [0.15, 0.2) is 56.7 Å². The Kier molecular flexibility index (Phi) is 5.00. The molecule has 0 aliphatic heterocycles. The molecule has 0 saturated carbocycles. The second-order valence-corrected chi connectivity index (χ2v) is 6.71. The molecule has 0 unspecified atom stereocenters. The summed E-state index contributed by atoms with van der Waals surface area (Å²) in [5.74, 6) is 2.42. The fourth-order valence-corrected chi connectivity index (χ4v) is 3.54. The van der Waals surface area contributed by atoms with E-state index in [-0.39, 0.29) is 0 Å². The Hall–Kier alpha value is -1.53. The first kappa shape index (κ1) is 15.4. The van der Waals surface area contributed by atoms with E-state index < -0.39 is 0 Å². The third-order valence-corrected chi connectivity index (χ3v) is 4.69. The zero-order chi connectivity index (χ0) is 15.4. The van der Waals surface area contributed by atoms with Crippen LogP contribution in [0.25, 0.3) is 11.6 Å². The first-order chi connectivity index (χ1) is 10.8. The van der Waals surface area contributed by atoms with Crippen molar-refractivity contribution in [2.45, 2.75) is 30.8 Å². The van der Waals surface area contributed by atoms with Crippen LogP contribution < -0.4 is 0 Å². The molecule has 0 aliphatic rings. The fraction of sp³-hybridized carbons (Fsp3) is 0.250. The van der Waals surface area contributed by atoms with Gasteiger partial charge in [-0.25, -0.2) is 0 Å². The van der Waals surface area contributed by atoms with Crippen molar-refractivity contribution in [1.29, 1.82) is 0 Å². The lowest BCUT2D eigenvalue weighted by Crippen LogP contribution is -2.01. The maximum atomic E-state index is 5.46. The Bertz CT molecular complexity index is 740. The molecule has 0 spiro atoms. The smallest absolute Gasteiger partial charge is 0.200 e.